The van der Waals surface area contributed by atoms with Crippen LogP contribution in [0, 0.1) is 0 Å². The number of hydrogen-bond donors (Lipinski definition) is 1. The number of nitrogens with one attached hydrogen (secondary N) is 1. The van der Waals surface area contributed by atoms with Crippen molar-refractivity contribution >= 4 is 93.1 Å². The normalized spacial score (nSPS) is 11.2. The van der Waals surface area contributed by atoms with Crippen LogP contribution < -0.4 is 10.2 Å². The molecule has 0 aliphatic carbocycles. The molecule has 0 aliphatic heterocycles. The van der Waals surface area contributed by atoms with Crippen molar-refractivity contribution in [2.45, 2.75) is 0 Å². The lowest BCUT2D eigenvalue weighted by atomic mass is 9.85. The van der Waals surface area contributed by atoms with Crippen molar-refractivity contribution in [2.24, 2.45) is 0 Å². The number of benzene rings is 14. The van der Waals surface area contributed by atoms with E-state index in [1.807, 2.05) is 0 Å². The van der Waals surface area contributed by atoms with Crippen LogP contribution in [-0.4, -0.2) is 0 Å². The third kappa shape index (κ3) is 8.55. The molecular weight excluding hydrogens is 893 g/mol. The van der Waals surface area contributed by atoms with Gasteiger partial charge in [-0.1, -0.05) is 243 Å². The average molecular weight is 943 g/mol. The van der Waals surface area contributed by atoms with Gasteiger partial charge in [-0.05, 0) is 147 Å². The van der Waals surface area contributed by atoms with Crippen LogP contribution in [0.25, 0.3) is 98.0 Å². The molecule has 0 aromatic heterocycles. The van der Waals surface area contributed by atoms with Crippen molar-refractivity contribution in [3.8, 4) is 33.4 Å². The summed E-state index contributed by atoms with van der Waals surface area (Å²) in [6.45, 7) is 0. The van der Waals surface area contributed by atoms with Gasteiger partial charge in [0.1, 0.15) is 0 Å². The summed E-state index contributed by atoms with van der Waals surface area (Å²) in [5, 5.41) is 18.5. The molecule has 0 fully saturated rings. The standard InChI is InChI=1S/C62H42N2.C10H8/c1-3-14-42(15-4-1)45-26-28-48(29-27-45)62-57-37-35-54(64(53-34-31-44-17-8-10-22-50(44)39-53)60-25-13-23-46-18-11-12-24-55(46)60)41-59(57)61(47-19-5-2-6-20-47)56-36-33-52(40-58(56)62)63-51-32-30-43-16-7-9-21-49(43)38-51;1-2-6-10-8-4-3-7-9(10)5-1/h1-41,63H;1-8H. The maximum Gasteiger partial charge on any atom is 0.0540 e. The van der Waals surface area contributed by atoms with Gasteiger partial charge in [0, 0.05) is 28.1 Å². The fraction of sp³-hybridized carbons (Fsp3) is 0. The summed E-state index contributed by atoms with van der Waals surface area (Å²) in [6.07, 6.45) is 0. The van der Waals surface area contributed by atoms with Gasteiger partial charge < -0.3 is 10.2 Å². The zero-order chi connectivity index (χ0) is 49.2. The molecule has 0 saturated carbocycles. The molecule has 0 atom stereocenters. The molecule has 0 saturated heterocycles. The molecule has 0 bridgehead atoms. The molecule has 0 heterocycles. The van der Waals surface area contributed by atoms with Gasteiger partial charge in [-0.2, -0.15) is 0 Å². The van der Waals surface area contributed by atoms with Crippen LogP contribution in [0.5, 0.6) is 0 Å². The van der Waals surface area contributed by atoms with E-state index in [0.717, 1.165) is 28.4 Å². The second-order valence-corrected chi connectivity index (χ2v) is 18.9. The number of hydrogen-bond acceptors (Lipinski definition) is 2. The van der Waals surface area contributed by atoms with E-state index in [2.05, 4.69) is 307 Å². The van der Waals surface area contributed by atoms with Gasteiger partial charge in [-0.3, -0.25) is 0 Å². The van der Waals surface area contributed by atoms with Crippen LogP contribution in [0.3, 0.4) is 0 Å². The minimum atomic E-state index is 1.04. The highest BCUT2D eigenvalue weighted by atomic mass is 15.1. The molecule has 74 heavy (non-hydrogen) atoms. The summed E-state index contributed by atoms with van der Waals surface area (Å²) >= 11 is 0. The molecule has 2 nitrogen and oxygen atoms in total. The largest absolute Gasteiger partial charge is 0.355 e. The molecule has 0 amide bonds. The van der Waals surface area contributed by atoms with E-state index in [9.17, 15) is 0 Å². The van der Waals surface area contributed by atoms with Crippen molar-refractivity contribution in [2.75, 3.05) is 10.2 Å². The fourth-order valence-electron chi connectivity index (χ4n) is 10.8. The molecule has 348 valence electrons. The van der Waals surface area contributed by atoms with Gasteiger partial charge in [-0.15, -0.1) is 0 Å². The highest BCUT2D eigenvalue weighted by Gasteiger charge is 2.22. The molecule has 14 rings (SSSR count). The third-order valence-corrected chi connectivity index (χ3v) is 14.4. The van der Waals surface area contributed by atoms with Crippen LogP contribution in [-0.2, 0) is 0 Å². The van der Waals surface area contributed by atoms with E-state index in [0.29, 0.717) is 0 Å². The topological polar surface area (TPSA) is 15.3 Å². The van der Waals surface area contributed by atoms with Crippen LogP contribution >= 0.6 is 0 Å². The third-order valence-electron chi connectivity index (χ3n) is 14.4. The molecule has 0 unspecified atom stereocenters. The van der Waals surface area contributed by atoms with Crippen LogP contribution in [0.15, 0.2) is 297 Å². The number of anilines is 5. The zero-order valence-electron chi connectivity index (χ0n) is 40.7. The maximum absolute atomic E-state index is 3.79. The van der Waals surface area contributed by atoms with Gasteiger partial charge in [0.05, 0.1) is 5.69 Å². The monoisotopic (exact) mass is 942 g/mol. The van der Waals surface area contributed by atoms with Crippen molar-refractivity contribution in [3.63, 3.8) is 0 Å². The predicted octanol–water partition coefficient (Wildman–Crippen LogP) is 20.5. The van der Waals surface area contributed by atoms with Gasteiger partial charge in [0.2, 0.25) is 0 Å². The summed E-state index contributed by atoms with van der Waals surface area (Å²) < 4.78 is 0. The minimum Gasteiger partial charge on any atom is -0.355 e. The van der Waals surface area contributed by atoms with Gasteiger partial charge in [0.25, 0.3) is 0 Å². The van der Waals surface area contributed by atoms with Crippen molar-refractivity contribution in [3.05, 3.63) is 297 Å². The molecule has 0 spiro atoms. The molecule has 0 aliphatic rings. The summed E-state index contributed by atoms with van der Waals surface area (Å²) in [7, 11) is 0. The van der Waals surface area contributed by atoms with E-state index in [1.165, 1.54) is 98.0 Å². The van der Waals surface area contributed by atoms with Crippen LogP contribution in [0.4, 0.5) is 28.4 Å². The second-order valence-electron chi connectivity index (χ2n) is 18.9. The number of nitrogens with zero attached hydrogens (tertiary/aromatic N) is 1. The number of rotatable bonds is 8. The van der Waals surface area contributed by atoms with Gasteiger partial charge >= 0.3 is 0 Å². The quantitative estimate of drug-likeness (QED) is 0.153. The Bertz CT molecular complexity index is 4260. The van der Waals surface area contributed by atoms with E-state index < -0.39 is 0 Å². The Labute approximate surface area is 431 Å². The summed E-state index contributed by atoms with van der Waals surface area (Å²) in [5.74, 6) is 0. The first kappa shape index (κ1) is 44.2. The lowest BCUT2D eigenvalue weighted by Crippen LogP contribution is -2.10. The first-order valence-corrected chi connectivity index (χ1v) is 25.4. The number of fused-ring (bicyclic) bond motifs is 6. The molecule has 14 aromatic carbocycles. The summed E-state index contributed by atoms with van der Waals surface area (Å²) in [4.78, 5) is 2.44. The van der Waals surface area contributed by atoms with Crippen LogP contribution in [0.2, 0.25) is 0 Å². The van der Waals surface area contributed by atoms with Gasteiger partial charge in [-0.25, -0.2) is 0 Å². The SMILES string of the molecule is c1ccc(-c2ccc(-c3c4ccc(N(c5ccc6ccccc6c5)c5cccc6ccccc56)cc4c(-c4ccccc4)c4ccc(Nc5ccc6ccccc6c5)cc34)cc2)cc1.c1ccc2ccccc2c1. The Balaban J connectivity index is 0.000000471. The molecular formula is C72H50N2. The maximum atomic E-state index is 3.79. The molecule has 2 heteroatoms. The van der Waals surface area contributed by atoms with E-state index in [-0.39, 0.29) is 0 Å². The minimum absolute atomic E-state index is 1.04. The second kappa shape index (κ2) is 19.4. The Morgan fingerprint density at radius 2 is 0.622 bits per heavy atom. The molecule has 14 aromatic rings. The zero-order valence-corrected chi connectivity index (χ0v) is 40.7. The molecule has 1 N–H and O–H groups in total. The van der Waals surface area contributed by atoms with Crippen molar-refractivity contribution in [1.82, 2.24) is 0 Å². The first-order chi connectivity index (χ1) is 36.7. The highest BCUT2D eigenvalue weighted by Crippen LogP contribution is 2.48. The summed E-state index contributed by atoms with van der Waals surface area (Å²) in [6, 6.07) is 107. The van der Waals surface area contributed by atoms with E-state index in [1.54, 1.807) is 0 Å². The molecule has 0 radical (unpaired) electrons. The first-order valence-electron chi connectivity index (χ1n) is 25.4. The lowest BCUT2D eigenvalue weighted by molar-refractivity contribution is 1.31. The fourth-order valence-corrected chi connectivity index (χ4v) is 10.8. The van der Waals surface area contributed by atoms with Crippen molar-refractivity contribution < 1.29 is 0 Å². The van der Waals surface area contributed by atoms with E-state index >= 15 is 0 Å². The average Bonchev–Trinajstić information content (AvgIpc) is 3.47. The van der Waals surface area contributed by atoms with Crippen molar-refractivity contribution in [1.29, 1.82) is 0 Å². The Morgan fingerprint density at radius 1 is 0.216 bits per heavy atom. The predicted molar refractivity (Wildman–Crippen MR) is 319 cm³/mol. The Morgan fingerprint density at radius 3 is 1.27 bits per heavy atom. The summed E-state index contributed by atoms with van der Waals surface area (Å²) in [5.41, 5.74) is 12.6. The highest BCUT2D eigenvalue weighted by molar-refractivity contribution is 6.23. The smallest absolute Gasteiger partial charge is 0.0540 e. The lowest BCUT2D eigenvalue weighted by Gasteiger charge is -2.28. The Hall–Kier alpha value is -9.76. The van der Waals surface area contributed by atoms with Crippen LogP contribution in [0.1, 0.15) is 0 Å². The van der Waals surface area contributed by atoms with Gasteiger partial charge in [0.15, 0.2) is 0 Å². The Kier molecular flexibility index (Phi) is 11.6. The van der Waals surface area contributed by atoms with E-state index in [4.69, 9.17) is 0 Å².